The third kappa shape index (κ3) is 1.80. The van der Waals surface area contributed by atoms with Crippen molar-refractivity contribution in [1.29, 1.82) is 5.26 Å². The second kappa shape index (κ2) is 4.29. The van der Waals surface area contributed by atoms with Crippen molar-refractivity contribution in [2.24, 2.45) is 0 Å². The van der Waals surface area contributed by atoms with Crippen LogP contribution in [0, 0.1) is 25.2 Å². The number of hydrogen-bond donors (Lipinski definition) is 1. The minimum absolute atomic E-state index is 0.700. The highest BCUT2D eigenvalue weighted by Gasteiger charge is 2.11. The summed E-state index contributed by atoms with van der Waals surface area (Å²) in [5, 5.41) is 10.1. The Bertz CT molecular complexity index is 804. The Morgan fingerprint density at radius 1 is 1.05 bits per heavy atom. The van der Waals surface area contributed by atoms with Crippen LogP contribution in [0.2, 0.25) is 0 Å². The number of nitrogens with one attached hydrogen (secondary N) is 1. The van der Waals surface area contributed by atoms with E-state index in [1.807, 2.05) is 30.3 Å². The fourth-order valence-electron chi connectivity index (χ4n) is 2.52. The summed E-state index contributed by atoms with van der Waals surface area (Å²) in [6, 6.07) is 16.3. The van der Waals surface area contributed by atoms with Crippen molar-refractivity contribution in [1.82, 2.24) is 4.98 Å². The first-order chi connectivity index (χ1) is 9.20. The van der Waals surface area contributed by atoms with Crippen molar-refractivity contribution in [3.63, 3.8) is 0 Å². The monoisotopic (exact) mass is 246 g/mol. The van der Waals surface area contributed by atoms with Gasteiger partial charge in [-0.1, -0.05) is 24.3 Å². The largest absolute Gasteiger partial charge is 0.354 e. The molecule has 2 nitrogen and oxygen atoms in total. The number of fused-ring (bicyclic) bond motifs is 1. The molecule has 3 rings (SSSR count). The number of nitriles is 1. The quantitative estimate of drug-likeness (QED) is 0.682. The molecule has 0 amide bonds. The zero-order valence-corrected chi connectivity index (χ0v) is 11.0. The first-order valence-electron chi connectivity index (χ1n) is 6.29. The third-order valence-electron chi connectivity index (χ3n) is 3.60. The zero-order chi connectivity index (χ0) is 13.4. The van der Waals surface area contributed by atoms with Gasteiger partial charge in [0.25, 0.3) is 0 Å². The maximum absolute atomic E-state index is 9.00. The molecule has 0 aliphatic heterocycles. The predicted molar refractivity (Wildman–Crippen MR) is 77.9 cm³/mol. The topological polar surface area (TPSA) is 39.6 Å². The van der Waals surface area contributed by atoms with Crippen LogP contribution >= 0.6 is 0 Å². The van der Waals surface area contributed by atoms with Gasteiger partial charge in [0.05, 0.1) is 11.6 Å². The number of benzene rings is 2. The SMILES string of the molecule is Cc1ccccc1-c1[nH]c2ccc(C#N)cc2c1C. The molecule has 0 aliphatic carbocycles. The van der Waals surface area contributed by atoms with Crippen LogP contribution in [0.1, 0.15) is 16.7 Å². The van der Waals surface area contributed by atoms with Gasteiger partial charge in [-0.15, -0.1) is 0 Å². The lowest BCUT2D eigenvalue weighted by atomic mass is 10.0. The smallest absolute Gasteiger partial charge is 0.0991 e. The molecule has 0 fully saturated rings. The van der Waals surface area contributed by atoms with E-state index in [0.29, 0.717) is 5.56 Å². The van der Waals surface area contributed by atoms with E-state index in [4.69, 9.17) is 5.26 Å². The van der Waals surface area contributed by atoms with Crippen LogP contribution in [0.15, 0.2) is 42.5 Å². The van der Waals surface area contributed by atoms with Crippen molar-refractivity contribution in [3.05, 3.63) is 59.2 Å². The predicted octanol–water partition coefficient (Wildman–Crippen LogP) is 4.32. The highest BCUT2D eigenvalue weighted by Crippen LogP contribution is 2.31. The molecule has 0 atom stereocenters. The number of aryl methyl sites for hydroxylation is 2. The molecule has 1 heterocycles. The number of rotatable bonds is 1. The van der Waals surface area contributed by atoms with Gasteiger partial charge < -0.3 is 4.98 Å². The second-order valence-corrected chi connectivity index (χ2v) is 4.81. The van der Waals surface area contributed by atoms with Gasteiger partial charge >= 0.3 is 0 Å². The van der Waals surface area contributed by atoms with E-state index in [-0.39, 0.29) is 0 Å². The van der Waals surface area contributed by atoms with Gasteiger partial charge in [-0.2, -0.15) is 5.26 Å². The van der Waals surface area contributed by atoms with Crippen molar-refractivity contribution in [2.75, 3.05) is 0 Å². The van der Waals surface area contributed by atoms with E-state index in [9.17, 15) is 0 Å². The van der Waals surface area contributed by atoms with Crippen molar-refractivity contribution >= 4 is 10.9 Å². The molecule has 3 aromatic rings. The van der Waals surface area contributed by atoms with E-state index in [2.05, 4.69) is 37.0 Å². The van der Waals surface area contributed by atoms with Gasteiger partial charge in [0.2, 0.25) is 0 Å². The van der Waals surface area contributed by atoms with Gasteiger partial charge in [-0.3, -0.25) is 0 Å². The molecule has 0 aliphatic rings. The lowest BCUT2D eigenvalue weighted by Gasteiger charge is -2.04. The van der Waals surface area contributed by atoms with Crippen LogP contribution in [-0.4, -0.2) is 4.98 Å². The Hall–Kier alpha value is -2.53. The van der Waals surface area contributed by atoms with Crippen LogP contribution in [-0.2, 0) is 0 Å². The minimum Gasteiger partial charge on any atom is -0.354 e. The summed E-state index contributed by atoms with van der Waals surface area (Å²) in [6.07, 6.45) is 0. The Kier molecular flexibility index (Phi) is 2.61. The summed E-state index contributed by atoms with van der Waals surface area (Å²) < 4.78 is 0. The molecule has 92 valence electrons. The van der Waals surface area contributed by atoms with Gasteiger partial charge in [-0.25, -0.2) is 0 Å². The lowest BCUT2D eigenvalue weighted by Crippen LogP contribution is -1.84. The van der Waals surface area contributed by atoms with Crippen LogP contribution in [0.5, 0.6) is 0 Å². The molecule has 19 heavy (non-hydrogen) atoms. The molecule has 0 bridgehead atoms. The van der Waals surface area contributed by atoms with E-state index in [1.54, 1.807) is 0 Å². The van der Waals surface area contributed by atoms with Crippen LogP contribution in [0.4, 0.5) is 0 Å². The molecule has 0 saturated carbocycles. The fraction of sp³-hybridized carbons (Fsp3) is 0.118. The molecule has 1 N–H and O–H groups in total. The number of aromatic amines is 1. The van der Waals surface area contributed by atoms with Gasteiger partial charge in [0.15, 0.2) is 0 Å². The average molecular weight is 246 g/mol. The highest BCUT2D eigenvalue weighted by molar-refractivity contribution is 5.91. The molecule has 0 unspecified atom stereocenters. The summed E-state index contributed by atoms with van der Waals surface area (Å²) in [5.41, 5.74) is 6.58. The Morgan fingerprint density at radius 3 is 2.58 bits per heavy atom. The zero-order valence-electron chi connectivity index (χ0n) is 11.0. The standard InChI is InChI=1S/C17H14N2/c1-11-5-3-4-6-14(11)17-12(2)15-9-13(10-18)7-8-16(15)19-17/h3-9,19H,1-2H3. The van der Waals surface area contributed by atoms with Crippen molar-refractivity contribution in [3.8, 4) is 17.3 Å². The van der Waals surface area contributed by atoms with Gasteiger partial charge in [-0.05, 0) is 43.2 Å². The molecular weight excluding hydrogens is 232 g/mol. The van der Waals surface area contributed by atoms with Crippen molar-refractivity contribution < 1.29 is 0 Å². The van der Waals surface area contributed by atoms with Crippen molar-refractivity contribution in [2.45, 2.75) is 13.8 Å². The first kappa shape index (κ1) is 11.6. The fourth-order valence-corrected chi connectivity index (χ4v) is 2.52. The number of H-pyrrole nitrogens is 1. The molecule has 0 saturated heterocycles. The molecule has 0 radical (unpaired) electrons. The molecule has 2 heteroatoms. The van der Waals surface area contributed by atoms with E-state index < -0.39 is 0 Å². The molecular formula is C17H14N2. The molecule has 2 aromatic carbocycles. The van der Waals surface area contributed by atoms with E-state index >= 15 is 0 Å². The number of hydrogen-bond acceptors (Lipinski definition) is 1. The first-order valence-corrected chi connectivity index (χ1v) is 6.29. The van der Waals surface area contributed by atoms with E-state index in [0.717, 1.165) is 16.6 Å². The number of nitrogens with zero attached hydrogens (tertiary/aromatic N) is 1. The van der Waals surface area contributed by atoms with Crippen LogP contribution in [0.3, 0.4) is 0 Å². The Balaban J connectivity index is 2.30. The molecule has 0 spiro atoms. The second-order valence-electron chi connectivity index (χ2n) is 4.81. The lowest BCUT2D eigenvalue weighted by molar-refractivity contribution is 1.36. The van der Waals surface area contributed by atoms with Gasteiger partial charge in [0, 0.05) is 22.2 Å². The normalized spacial score (nSPS) is 10.6. The molecule has 1 aromatic heterocycles. The minimum atomic E-state index is 0.700. The van der Waals surface area contributed by atoms with Gasteiger partial charge in [0.1, 0.15) is 0 Å². The third-order valence-corrected chi connectivity index (χ3v) is 3.60. The maximum Gasteiger partial charge on any atom is 0.0991 e. The Morgan fingerprint density at radius 2 is 1.84 bits per heavy atom. The Labute approximate surface area is 112 Å². The number of aromatic nitrogens is 1. The van der Waals surface area contributed by atoms with Crippen LogP contribution < -0.4 is 0 Å². The maximum atomic E-state index is 9.00. The summed E-state index contributed by atoms with van der Waals surface area (Å²) in [7, 11) is 0. The summed E-state index contributed by atoms with van der Waals surface area (Å²) in [6.45, 7) is 4.21. The van der Waals surface area contributed by atoms with E-state index in [1.165, 1.54) is 16.7 Å². The summed E-state index contributed by atoms with van der Waals surface area (Å²) in [5.74, 6) is 0. The average Bonchev–Trinajstić information content (AvgIpc) is 2.76. The summed E-state index contributed by atoms with van der Waals surface area (Å²) in [4.78, 5) is 3.46. The van der Waals surface area contributed by atoms with Crippen LogP contribution in [0.25, 0.3) is 22.2 Å². The highest BCUT2D eigenvalue weighted by atomic mass is 14.7. The summed E-state index contributed by atoms with van der Waals surface area (Å²) >= 11 is 0.